The van der Waals surface area contributed by atoms with Crippen molar-refractivity contribution in [2.24, 2.45) is 17.3 Å². The highest BCUT2D eigenvalue weighted by atomic mass is 16.4. The van der Waals surface area contributed by atoms with Crippen molar-refractivity contribution in [2.75, 3.05) is 4.90 Å². The molecule has 1 aliphatic carbocycles. The van der Waals surface area contributed by atoms with E-state index in [1.807, 2.05) is 32.0 Å². The van der Waals surface area contributed by atoms with Gasteiger partial charge in [-0.2, -0.15) is 0 Å². The van der Waals surface area contributed by atoms with Crippen molar-refractivity contribution >= 4 is 17.7 Å². The number of hydrogen-bond acceptors (Lipinski definition) is 3. The van der Waals surface area contributed by atoms with E-state index in [-0.39, 0.29) is 34.7 Å². The van der Waals surface area contributed by atoms with Crippen molar-refractivity contribution < 1.29 is 14.7 Å². The van der Waals surface area contributed by atoms with Crippen LogP contribution < -0.4 is 4.90 Å². The lowest BCUT2D eigenvalue weighted by Crippen LogP contribution is -2.43. The lowest BCUT2D eigenvalue weighted by molar-refractivity contribution is -0.124. The number of carbonyl (C=O) groups excluding carboxylic acids is 1. The van der Waals surface area contributed by atoms with Crippen molar-refractivity contribution in [1.82, 2.24) is 9.78 Å². The molecule has 1 heterocycles. The van der Waals surface area contributed by atoms with Crippen LogP contribution in [0.1, 0.15) is 81.8 Å². The van der Waals surface area contributed by atoms with Crippen LogP contribution in [-0.4, -0.2) is 32.8 Å². The van der Waals surface area contributed by atoms with E-state index < -0.39 is 5.97 Å². The van der Waals surface area contributed by atoms with Crippen molar-refractivity contribution in [2.45, 2.75) is 79.2 Å². The predicted molar refractivity (Wildman–Crippen MR) is 152 cm³/mol. The maximum absolute atomic E-state index is 13.6. The van der Waals surface area contributed by atoms with E-state index in [2.05, 4.69) is 62.3 Å². The molecule has 1 N–H and O–H groups in total. The number of carboxylic acids is 1. The Labute approximate surface area is 226 Å². The highest BCUT2D eigenvalue weighted by molar-refractivity contribution is 6.01. The lowest BCUT2D eigenvalue weighted by Gasteiger charge is -2.32. The Hall–Kier alpha value is -3.41. The number of hydrogen-bond donors (Lipinski definition) is 1. The van der Waals surface area contributed by atoms with Gasteiger partial charge in [-0.25, -0.2) is 9.48 Å². The number of carboxylic acid groups (broad SMARTS) is 1. The molecular formula is C32H41N3O3. The van der Waals surface area contributed by atoms with E-state index in [1.54, 1.807) is 9.58 Å². The smallest absolute Gasteiger partial charge is 0.341 e. The zero-order chi connectivity index (χ0) is 27.4. The van der Waals surface area contributed by atoms with Gasteiger partial charge in [-0.15, -0.1) is 5.10 Å². The maximum Gasteiger partial charge on any atom is 0.341 e. The number of benzene rings is 2. The molecule has 6 nitrogen and oxygen atoms in total. The first kappa shape index (κ1) is 27.6. The van der Waals surface area contributed by atoms with Crippen LogP contribution in [0.5, 0.6) is 0 Å². The van der Waals surface area contributed by atoms with Crippen molar-refractivity contribution in [3.05, 3.63) is 77.5 Å². The molecule has 0 radical (unpaired) electrons. The molecule has 1 aromatic heterocycles. The summed E-state index contributed by atoms with van der Waals surface area (Å²) in [5.41, 5.74) is 3.44. The fraction of sp³-hybridized carbons (Fsp3) is 0.469. The number of rotatable bonds is 9. The quantitative estimate of drug-likeness (QED) is 0.335. The van der Waals surface area contributed by atoms with Gasteiger partial charge in [0.1, 0.15) is 5.56 Å². The molecular weight excluding hydrogens is 474 g/mol. The Morgan fingerprint density at radius 3 is 2.11 bits per heavy atom. The highest BCUT2D eigenvalue weighted by Crippen LogP contribution is 2.33. The molecule has 1 aliphatic rings. The molecule has 1 saturated carbocycles. The maximum atomic E-state index is 13.6. The monoisotopic (exact) mass is 515 g/mol. The topological polar surface area (TPSA) is 75.4 Å². The zero-order valence-corrected chi connectivity index (χ0v) is 23.4. The van der Waals surface area contributed by atoms with Gasteiger partial charge in [0, 0.05) is 18.2 Å². The summed E-state index contributed by atoms with van der Waals surface area (Å²) in [6, 6.07) is 18.4. The Morgan fingerprint density at radius 1 is 0.974 bits per heavy atom. The summed E-state index contributed by atoms with van der Waals surface area (Å²) in [4.78, 5) is 27.4. The van der Waals surface area contributed by atoms with Crippen LogP contribution in [0.25, 0.3) is 5.69 Å². The number of carbonyl (C=O) groups is 2. The summed E-state index contributed by atoms with van der Waals surface area (Å²) < 4.78 is 1.59. The van der Waals surface area contributed by atoms with Crippen molar-refractivity contribution in [3.8, 4) is 5.69 Å². The fourth-order valence-corrected chi connectivity index (χ4v) is 5.66. The number of amides is 1. The van der Waals surface area contributed by atoms with E-state index in [1.165, 1.54) is 17.3 Å². The summed E-state index contributed by atoms with van der Waals surface area (Å²) in [6.07, 6.45) is 7.16. The average molecular weight is 516 g/mol. The van der Waals surface area contributed by atoms with Crippen molar-refractivity contribution in [3.63, 3.8) is 0 Å². The first-order chi connectivity index (χ1) is 18.0. The van der Waals surface area contributed by atoms with Gasteiger partial charge in [-0.3, -0.25) is 9.69 Å². The fourth-order valence-electron chi connectivity index (χ4n) is 5.66. The van der Waals surface area contributed by atoms with Gasteiger partial charge in [-0.05, 0) is 87.0 Å². The summed E-state index contributed by atoms with van der Waals surface area (Å²) in [5.74, 6) is -0.327. The minimum atomic E-state index is -1.08. The summed E-state index contributed by atoms with van der Waals surface area (Å²) >= 11 is 0. The van der Waals surface area contributed by atoms with Crippen LogP contribution in [0.4, 0.5) is 5.82 Å². The van der Waals surface area contributed by atoms with E-state index in [9.17, 15) is 14.7 Å². The minimum absolute atomic E-state index is 0.0179. The van der Waals surface area contributed by atoms with Gasteiger partial charge in [0.25, 0.3) is 0 Å². The Morgan fingerprint density at radius 2 is 1.55 bits per heavy atom. The van der Waals surface area contributed by atoms with Gasteiger partial charge in [0.05, 0.1) is 5.69 Å². The summed E-state index contributed by atoms with van der Waals surface area (Å²) in [6.45, 7) is 10.6. The molecule has 6 heteroatoms. The van der Waals surface area contributed by atoms with Crippen LogP contribution in [0.2, 0.25) is 0 Å². The number of anilines is 1. The Kier molecular flexibility index (Phi) is 8.39. The molecule has 2 aromatic carbocycles. The first-order valence-corrected chi connectivity index (χ1v) is 13.8. The van der Waals surface area contributed by atoms with Gasteiger partial charge in [-0.1, -0.05) is 63.2 Å². The number of aromatic carboxylic acids is 1. The largest absolute Gasteiger partial charge is 0.477 e. The third kappa shape index (κ3) is 6.53. The van der Waals surface area contributed by atoms with Crippen LogP contribution in [0.15, 0.2) is 60.8 Å². The van der Waals surface area contributed by atoms with Gasteiger partial charge < -0.3 is 5.11 Å². The summed E-state index contributed by atoms with van der Waals surface area (Å²) in [7, 11) is 0. The SMILES string of the molecule is CC(C)N(c1nn(-c2ccc(CC(C)(C)Cc3ccccc3)cc2)cc1C(=O)O)C(=O)[C@H]1CC[C@H](C)CC1. The van der Waals surface area contributed by atoms with Gasteiger partial charge in [0.15, 0.2) is 5.82 Å². The van der Waals surface area contributed by atoms with Gasteiger partial charge in [0.2, 0.25) is 5.91 Å². The second-order valence-corrected chi connectivity index (χ2v) is 12.0. The molecule has 38 heavy (non-hydrogen) atoms. The van der Waals surface area contributed by atoms with Crippen LogP contribution in [-0.2, 0) is 17.6 Å². The molecule has 0 atom stereocenters. The van der Waals surface area contributed by atoms with E-state index in [0.29, 0.717) is 5.92 Å². The normalized spacial score (nSPS) is 17.9. The number of aromatic nitrogens is 2. The van der Waals surface area contributed by atoms with E-state index in [4.69, 9.17) is 0 Å². The molecule has 3 aromatic rings. The number of nitrogens with zero attached hydrogens (tertiary/aromatic N) is 3. The second kappa shape index (κ2) is 11.5. The van der Waals surface area contributed by atoms with Crippen LogP contribution >= 0.6 is 0 Å². The zero-order valence-electron chi connectivity index (χ0n) is 23.4. The molecule has 0 saturated heterocycles. The van der Waals surface area contributed by atoms with E-state index >= 15 is 0 Å². The first-order valence-electron chi connectivity index (χ1n) is 13.8. The second-order valence-electron chi connectivity index (χ2n) is 12.0. The lowest BCUT2D eigenvalue weighted by atomic mass is 9.80. The Bertz CT molecular complexity index is 1240. The standard InChI is InChI=1S/C32H41N3O3/c1-22(2)35(30(36)26-15-11-23(3)12-16-26)29-28(31(37)38)21-34(33-29)27-17-13-25(14-18-27)20-32(4,5)19-24-9-7-6-8-10-24/h6-10,13-14,17-18,21-23,26H,11-12,15-16,19-20H2,1-5H3,(H,37,38)/t23-,26-. The predicted octanol–water partition coefficient (Wildman–Crippen LogP) is 6.95. The highest BCUT2D eigenvalue weighted by Gasteiger charge is 2.34. The molecule has 1 fully saturated rings. The third-order valence-electron chi connectivity index (χ3n) is 7.68. The van der Waals surface area contributed by atoms with E-state index in [0.717, 1.165) is 44.2 Å². The molecule has 0 unspecified atom stereocenters. The molecule has 0 aliphatic heterocycles. The van der Waals surface area contributed by atoms with Crippen molar-refractivity contribution in [1.29, 1.82) is 0 Å². The van der Waals surface area contributed by atoms with Crippen LogP contribution in [0.3, 0.4) is 0 Å². The third-order valence-corrected chi connectivity index (χ3v) is 7.68. The molecule has 0 bridgehead atoms. The van der Waals surface area contributed by atoms with Crippen LogP contribution in [0, 0.1) is 17.3 Å². The molecule has 0 spiro atoms. The minimum Gasteiger partial charge on any atom is -0.477 e. The average Bonchev–Trinajstić information content (AvgIpc) is 3.30. The summed E-state index contributed by atoms with van der Waals surface area (Å²) in [5, 5.41) is 14.6. The molecule has 202 valence electrons. The molecule has 4 rings (SSSR count). The van der Waals surface area contributed by atoms with Gasteiger partial charge >= 0.3 is 5.97 Å². The molecule has 1 amide bonds. The Balaban J connectivity index is 1.56.